The van der Waals surface area contributed by atoms with Gasteiger partial charge in [-0.1, -0.05) is 18.5 Å². The van der Waals surface area contributed by atoms with Crippen molar-refractivity contribution < 1.29 is 13.4 Å². The number of cyclic esters (lactones) is 1. The number of fused-ring (bicyclic) bond motifs is 1. The van der Waals surface area contributed by atoms with Crippen molar-refractivity contribution in [2.45, 2.75) is 25.9 Å². The standard InChI is InChI=1S/C10H10ClNO2.CH3FS/c1-5-6(2)14-10(13)7-3-4-8(11)12-9(5)7;1-3-2/h3-6H,1-2H3;1H3/t5-,6+;/m0./s1. The van der Waals surface area contributed by atoms with E-state index in [0.717, 1.165) is 5.69 Å². The predicted octanol–water partition coefficient (Wildman–Crippen LogP) is 3.63. The predicted molar refractivity (Wildman–Crippen MR) is 67.2 cm³/mol. The molecule has 1 aromatic rings. The molecule has 0 amide bonds. The number of carbonyl (C=O) groups is 1. The highest BCUT2D eigenvalue weighted by atomic mass is 35.5. The highest BCUT2D eigenvalue weighted by Gasteiger charge is 2.31. The van der Waals surface area contributed by atoms with Crippen LogP contribution >= 0.6 is 23.7 Å². The molecule has 6 heteroatoms. The molecule has 2 atom stereocenters. The van der Waals surface area contributed by atoms with Gasteiger partial charge in [0.15, 0.2) is 0 Å². The van der Waals surface area contributed by atoms with E-state index < -0.39 is 0 Å². The fourth-order valence-electron chi connectivity index (χ4n) is 1.53. The lowest BCUT2D eigenvalue weighted by atomic mass is 9.94. The van der Waals surface area contributed by atoms with E-state index in [4.69, 9.17) is 16.3 Å². The Kier molecular flexibility index (Phi) is 5.21. The Bertz CT molecular complexity index is 416. The first-order valence-corrected chi connectivity index (χ1v) is 6.53. The fraction of sp³-hybridized carbons (Fsp3) is 0.455. The van der Waals surface area contributed by atoms with Gasteiger partial charge in [0.2, 0.25) is 0 Å². The second kappa shape index (κ2) is 6.21. The van der Waals surface area contributed by atoms with Gasteiger partial charge in [-0.25, -0.2) is 9.78 Å². The van der Waals surface area contributed by atoms with E-state index in [-0.39, 0.29) is 30.1 Å². The van der Waals surface area contributed by atoms with Crippen molar-refractivity contribution >= 4 is 29.7 Å². The van der Waals surface area contributed by atoms with Crippen LogP contribution in [0.4, 0.5) is 3.89 Å². The number of hydrogen-bond acceptors (Lipinski definition) is 4. The first kappa shape index (κ1) is 14.3. The van der Waals surface area contributed by atoms with Crippen LogP contribution in [0, 0.1) is 0 Å². The lowest BCUT2D eigenvalue weighted by Crippen LogP contribution is -2.29. The van der Waals surface area contributed by atoms with Crippen LogP contribution in [0.3, 0.4) is 0 Å². The molecular weight excluding hydrogens is 265 g/mol. The minimum absolute atomic E-state index is 0.0985. The topological polar surface area (TPSA) is 39.2 Å². The summed E-state index contributed by atoms with van der Waals surface area (Å²) in [5.74, 6) is -0.212. The summed E-state index contributed by atoms with van der Waals surface area (Å²) in [6.45, 7) is 3.83. The molecule has 0 spiro atoms. The summed E-state index contributed by atoms with van der Waals surface area (Å²) < 4.78 is 15.4. The quantitative estimate of drug-likeness (QED) is 0.536. The van der Waals surface area contributed by atoms with Gasteiger partial charge in [0.05, 0.1) is 11.3 Å². The van der Waals surface area contributed by atoms with E-state index in [9.17, 15) is 8.68 Å². The highest BCUT2D eigenvalue weighted by Crippen LogP contribution is 2.30. The van der Waals surface area contributed by atoms with Crippen LogP contribution in [0.15, 0.2) is 12.1 Å². The summed E-state index contributed by atoms with van der Waals surface area (Å²) in [6, 6.07) is 3.26. The van der Waals surface area contributed by atoms with Gasteiger partial charge in [-0.05, 0) is 19.1 Å². The van der Waals surface area contributed by atoms with Crippen molar-refractivity contribution in [2.24, 2.45) is 0 Å². The lowest BCUT2D eigenvalue weighted by Gasteiger charge is -2.26. The Morgan fingerprint density at radius 1 is 1.47 bits per heavy atom. The van der Waals surface area contributed by atoms with E-state index in [1.165, 1.54) is 6.26 Å². The van der Waals surface area contributed by atoms with E-state index in [1.807, 2.05) is 13.8 Å². The van der Waals surface area contributed by atoms with E-state index in [1.54, 1.807) is 12.1 Å². The molecule has 0 aromatic carbocycles. The van der Waals surface area contributed by atoms with Crippen LogP contribution in [0.5, 0.6) is 0 Å². The summed E-state index contributed by atoms with van der Waals surface area (Å²) in [7, 11) is 0. The number of nitrogens with zero attached hydrogens (tertiary/aromatic N) is 1. The van der Waals surface area contributed by atoms with Crippen molar-refractivity contribution in [3.8, 4) is 0 Å². The molecule has 17 heavy (non-hydrogen) atoms. The van der Waals surface area contributed by atoms with Crippen LogP contribution in [0.2, 0.25) is 5.15 Å². The van der Waals surface area contributed by atoms with Crippen molar-refractivity contribution in [1.82, 2.24) is 4.98 Å². The molecule has 2 heterocycles. The molecule has 0 saturated carbocycles. The zero-order valence-corrected chi connectivity index (χ0v) is 11.3. The van der Waals surface area contributed by atoms with Gasteiger partial charge in [-0.15, -0.1) is 0 Å². The molecule has 1 aliphatic heterocycles. The van der Waals surface area contributed by atoms with Gasteiger partial charge in [-0.3, -0.25) is 0 Å². The summed E-state index contributed by atoms with van der Waals surface area (Å²) in [5.41, 5.74) is 1.27. The van der Waals surface area contributed by atoms with Crippen molar-refractivity contribution in [1.29, 1.82) is 0 Å². The van der Waals surface area contributed by atoms with Crippen LogP contribution in [0.25, 0.3) is 0 Å². The third kappa shape index (κ3) is 3.33. The lowest BCUT2D eigenvalue weighted by molar-refractivity contribution is 0.0235. The third-order valence-electron chi connectivity index (χ3n) is 2.54. The van der Waals surface area contributed by atoms with Crippen LogP contribution in [0.1, 0.15) is 35.8 Å². The summed E-state index contributed by atoms with van der Waals surface area (Å²) in [4.78, 5) is 15.6. The Balaban J connectivity index is 0.000000437. The number of pyridine rings is 1. The number of esters is 1. The minimum atomic E-state index is -0.310. The van der Waals surface area contributed by atoms with Crippen LogP contribution < -0.4 is 0 Å². The third-order valence-corrected chi connectivity index (χ3v) is 2.75. The SMILES string of the molecule is CSF.C[C@@H]1c2nc(Cl)ccc2C(=O)O[C@@H]1C. The van der Waals surface area contributed by atoms with Gasteiger partial charge in [0.25, 0.3) is 0 Å². The maximum Gasteiger partial charge on any atom is 0.340 e. The Morgan fingerprint density at radius 3 is 2.65 bits per heavy atom. The molecule has 0 radical (unpaired) electrons. The maximum absolute atomic E-state index is 11.4. The number of aromatic nitrogens is 1. The van der Waals surface area contributed by atoms with Crippen molar-refractivity contribution in [3.63, 3.8) is 0 Å². The van der Waals surface area contributed by atoms with Crippen LogP contribution in [-0.2, 0) is 4.74 Å². The molecule has 0 aliphatic carbocycles. The smallest absolute Gasteiger partial charge is 0.340 e. The summed E-state index contributed by atoms with van der Waals surface area (Å²) in [5, 5.41) is 0.414. The Morgan fingerprint density at radius 2 is 2.06 bits per heavy atom. The van der Waals surface area contributed by atoms with Gasteiger partial charge >= 0.3 is 5.97 Å². The normalized spacial score (nSPS) is 22.1. The van der Waals surface area contributed by atoms with Gasteiger partial charge < -0.3 is 4.74 Å². The van der Waals surface area contributed by atoms with E-state index in [2.05, 4.69) is 4.98 Å². The average Bonchev–Trinajstić information content (AvgIpc) is 2.27. The second-order valence-electron chi connectivity index (χ2n) is 3.62. The number of rotatable bonds is 0. The molecule has 2 rings (SSSR count). The van der Waals surface area contributed by atoms with E-state index in [0.29, 0.717) is 10.7 Å². The number of ether oxygens (including phenoxy) is 1. The minimum Gasteiger partial charge on any atom is -0.458 e. The molecule has 0 fully saturated rings. The number of halogens is 2. The number of carbonyl (C=O) groups excluding carboxylic acids is 1. The molecular formula is C11H13ClFNO2S. The van der Waals surface area contributed by atoms with Gasteiger partial charge in [0.1, 0.15) is 11.3 Å². The molecule has 3 nitrogen and oxygen atoms in total. The molecule has 0 bridgehead atoms. The van der Waals surface area contributed by atoms with Crippen LogP contribution in [-0.4, -0.2) is 23.3 Å². The first-order chi connectivity index (χ1) is 8.01. The molecule has 0 unspecified atom stereocenters. The highest BCUT2D eigenvalue weighted by molar-refractivity contribution is 7.93. The van der Waals surface area contributed by atoms with E-state index >= 15 is 0 Å². The summed E-state index contributed by atoms with van der Waals surface area (Å²) in [6.07, 6.45) is 1.24. The molecule has 0 saturated heterocycles. The van der Waals surface area contributed by atoms with Gasteiger partial charge in [-0.2, -0.15) is 3.89 Å². The zero-order chi connectivity index (χ0) is 13.0. The zero-order valence-electron chi connectivity index (χ0n) is 9.74. The average molecular weight is 278 g/mol. The molecule has 94 valence electrons. The number of hydrogen-bond donors (Lipinski definition) is 0. The molecule has 1 aromatic heterocycles. The second-order valence-corrected chi connectivity index (χ2v) is 4.32. The fourth-order valence-corrected chi connectivity index (χ4v) is 1.68. The summed E-state index contributed by atoms with van der Waals surface area (Å²) >= 11 is 6.02. The molecule has 1 aliphatic rings. The Hall–Kier alpha value is -0.810. The van der Waals surface area contributed by atoms with Crippen molar-refractivity contribution in [3.05, 3.63) is 28.5 Å². The van der Waals surface area contributed by atoms with Gasteiger partial charge in [0, 0.05) is 24.3 Å². The Labute approximate surface area is 109 Å². The van der Waals surface area contributed by atoms with Crippen molar-refractivity contribution in [2.75, 3.05) is 6.26 Å². The maximum atomic E-state index is 11.4. The monoisotopic (exact) mass is 277 g/mol. The first-order valence-electron chi connectivity index (χ1n) is 5.03. The molecule has 0 N–H and O–H groups in total. The largest absolute Gasteiger partial charge is 0.458 e.